The first-order chi connectivity index (χ1) is 12.5. The number of rotatable bonds is 4. The van der Waals surface area contributed by atoms with Gasteiger partial charge in [0, 0.05) is 12.1 Å². The number of carbonyl (C=O) groups is 2. The number of fused-ring (bicyclic) bond motifs is 2. The molecule has 26 heavy (non-hydrogen) atoms. The Bertz CT molecular complexity index is 889. The molecule has 0 aromatic carbocycles. The van der Waals surface area contributed by atoms with Gasteiger partial charge in [-0.15, -0.1) is 0 Å². The maximum absolute atomic E-state index is 11.4. The van der Waals surface area contributed by atoms with Crippen LogP contribution in [0.15, 0.2) is 48.1 Å². The topological polar surface area (TPSA) is 110 Å². The molecule has 8 nitrogen and oxygen atoms in total. The Hall–Kier alpha value is -3.29. The number of nitrogens with zero attached hydrogens (tertiary/aromatic N) is 1. The number of ether oxygens (including phenoxy) is 2. The smallest absolute Gasteiger partial charge is 0.320 e. The van der Waals surface area contributed by atoms with Gasteiger partial charge in [0.2, 0.25) is 0 Å². The maximum Gasteiger partial charge on any atom is 0.320 e. The fraction of sp³-hybridized carbons (Fsp3) is 0.278. The Morgan fingerprint density at radius 1 is 1.54 bits per heavy atom. The lowest BCUT2D eigenvalue weighted by molar-refractivity contribution is -0.139. The first kappa shape index (κ1) is 16.2. The summed E-state index contributed by atoms with van der Waals surface area (Å²) in [6, 6.07) is 1.43. The summed E-state index contributed by atoms with van der Waals surface area (Å²) in [5.74, 6) is 0.806. The average molecular weight is 355 g/mol. The standard InChI is InChI=1S/C18H17N3O5/c1-8(3-4-11-9(2)13-14(17(22)23)15(13)26-11)25-12-5-6-19-16-10(12)7-20-18(24)21-16/h3-6,13-15H,2,7H2,1H3,(H,22,23)(H2,19,20,21,24)/b8-3+,11-4+/t13-,14-,15-/m0/s1. The normalized spacial score (nSPS) is 27.8. The number of pyridine rings is 1. The lowest BCUT2D eigenvalue weighted by Crippen LogP contribution is -2.34. The van der Waals surface area contributed by atoms with E-state index in [1.54, 1.807) is 31.3 Å². The van der Waals surface area contributed by atoms with Crippen molar-refractivity contribution in [2.45, 2.75) is 19.6 Å². The van der Waals surface area contributed by atoms with Gasteiger partial charge in [-0.05, 0) is 30.7 Å². The highest BCUT2D eigenvalue weighted by Gasteiger charge is 2.63. The highest BCUT2D eigenvalue weighted by atomic mass is 16.5. The molecule has 1 saturated carbocycles. The van der Waals surface area contributed by atoms with E-state index in [2.05, 4.69) is 22.2 Å². The van der Waals surface area contributed by atoms with Crippen LogP contribution in [0.25, 0.3) is 0 Å². The van der Waals surface area contributed by atoms with Crippen molar-refractivity contribution in [3.05, 3.63) is 53.6 Å². The molecule has 1 saturated heterocycles. The number of carbonyl (C=O) groups excluding carboxylic acids is 1. The van der Waals surface area contributed by atoms with Crippen molar-refractivity contribution in [2.24, 2.45) is 11.8 Å². The molecule has 3 heterocycles. The Kier molecular flexibility index (Phi) is 3.68. The van der Waals surface area contributed by atoms with Crippen LogP contribution in [-0.4, -0.2) is 28.2 Å². The molecule has 0 spiro atoms. The zero-order valence-electron chi connectivity index (χ0n) is 14.0. The highest BCUT2D eigenvalue weighted by molar-refractivity contribution is 5.91. The largest absolute Gasteiger partial charge is 0.489 e. The number of aromatic nitrogens is 1. The summed E-state index contributed by atoms with van der Waals surface area (Å²) in [4.78, 5) is 26.5. The van der Waals surface area contributed by atoms with Gasteiger partial charge < -0.3 is 19.9 Å². The van der Waals surface area contributed by atoms with Gasteiger partial charge in [-0.3, -0.25) is 10.1 Å². The molecule has 1 aliphatic carbocycles. The van der Waals surface area contributed by atoms with Crippen LogP contribution < -0.4 is 15.4 Å². The number of hydrogen-bond acceptors (Lipinski definition) is 5. The molecule has 4 rings (SSSR count). The predicted molar refractivity (Wildman–Crippen MR) is 91.2 cm³/mol. The summed E-state index contributed by atoms with van der Waals surface area (Å²) in [6.07, 6.45) is 4.73. The molecule has 1 aromatic heterocycles. The van der Waals surface area contributed by atoms with Crippen molar-refractivity contribution in [3.63, 3.8) is 0 Å². The van der Waals surface area contributed by atoms with E-state index in [0.29, 0.717) is 35.2 Å². The maximum atomic E-state index is 11.4. The van der Waals surface area contributed by atoms with E-state index in [-0.39, 0.29) is 18.1 Å². The van der Waals surface area contributed by atoms with Crippen LogP contribution in [0.4, 0.5) is 10.6 Å². The van der Waals surface area contributed by atoms with E-state index in [9.17, 15) is 9.59 Å². The first-order valence-electron chi connectivity index (χ1n) is 8.13. The number of hydrogen-bond donors (Lipinski definition) is 3. The molecule has 1 aromatic rings. The molecule has 2 fully saturated rings. The third kappa shape index (κ3) is 2.69. The third-order valence-electron chi connectivity index (χ3n) is 4.63. The van der Waals surface area contributed by atoms with Gasteiger partial charge >= 0.3 is 12.0 Å². The fourth-order valence-corrected chi connectivity index (χ4v) is 3.24. The predicted octanol–water partition coefficient (Wildman–Crippen LogP) is 2.17. The molecule has 8 heteroatoms. The monoisotopic (exact) mass is 355 g/mol. The van der Waals surface area contributed by atoms with Crippen molar-refractivity contribution in [1.82, 2.24) is 10.3 Å². The molecule has 0 unspecified atom stereocenters. The second-order valence-electron chi connectivity index (χ2n) is 6.35. The average Bonchev–Trinajstić information content (AvgIpc) is 3.23. The van der Waals surface area contributed by atoms with Crippen molar-refractivity contribution in [2.75, 3.05) is 5.32 Å². The summed E-state index contributed by atoms with van der Waals surface area (Å²) >= 11 is 0. The zero-order valence-corrected chi connectivity index (χ0v) is 14.0. The van der Waals surface area contributed by atoms with Gasteiger partial charge in [-0.25, -0.2) is 9.78 Å². The van der Waals surface area contributed by atoms with Gasteiger partial charge in [0.25, 0.3) is 0 Å². The number of allylic oxidation sites excluding steroid dienone is 4. The minimum atomic E-state index is -0.849. The Labute approximate surface area is 149 Å². The van der Waals surface area contributed by atoms with Crippen LogP contribution in [0.2, 0.25) is 0 Å². The summed E-state index contributed by atoms with van der Waals surface area (Å²) in [5.41, 5.74) is 1.47. The van der Waals surface area contributed by atoms with E-state index in [1.165, 1.54) is 0 Å². The molecular formula is C18H17N3O5. The van der Waals surface area contributed by atoms with E-state index in [4.69, 9.17) is 14.6 Å². The number of nitrogens with one attached hydrogen (secondary N) is 2. The Balaban J connectivity index is 1.46. The minimum Gasteiger partial charge on any atom is -0.489 e. The molecule has 3 N–H and O–H groups in total. The number of aliphatic carboxylic acids is 1. The number of carboxylic acid groups (broad SMARTS) is 1. The molecule has 134 valence electrons. The van der Waals surface area contributed by atoms with Crippen LogP contribution >= 0.6 is 0 Å². The van der Waals surface area contributed by atoms with Crippen LogP contribution in [0.5, 0.6) is 5.75 Å². The summed E-state index contributed by atoms with van der Waals surface area (Å²) in [5, 5.41) is 14.4. The Morgan fingerprint density at radius 2 is 2.35 bits per heavy atom. The van der Waals surface area contributed by atoms with Crippen molar-refractivity contribution in [1.29, 1.82) is 0 Å². The van der Waals surface area contributed by atoms with E-state index in [0.717, 1.165) is 5.56 Å². The minimum absolute atomic E-state index is 0.129. The highest BCUT2D eigenvalue weighted by Crippen LogP contribution is 2.55. The van der Waals surface area contributed by atoms with E-state index >= 15 is 0 Å². The van der Waals surface area contributed by atoms with Gasteiger partial charge in [0.1, 0.15) is 35.1 Å². The van der Waals surface area contributed by atoms with Gasteiger partial charge in [-0.2, -0.15) is 0 Å². The van der Waals surface area contributed by atoms with E-state index in [1.807, 2.05) is 0 Å². The molecule has 3 aliphatic rings. The molecular weight excluding hydrogens is 338 g/mol. The third-order valence-corrected chi connectivity index (χ3v) is 4.63. The zero-order chi connectivity index (χ0) is 18.4. The quantitative estimate of drug-likeness (QED) is 0.714. The summed E-state index contributed by atoms with van der Waals surface area (Å²) < 4.78 is 11.5. The second-order valence-corrected chi connectivity index (χ2v) is 6.35. The first-order valence-corrected chi connectivity index (χ1v) is 8.13. The van der Waals surface area contributed by atoms with Crippen molar-refractivity contribution < 1.29 is 24.2 Å². The van der Waals surface area contributed by atoms with Gasteiger partial charge in [0.15, 0.2) is 0 Å². The SMILES string of the molecule is C=C1/C(=C\C=C(/C)Oc2ccnc3c2CNC(=O)N3)O[C@H]2[C@@H]1[C@@H]2C(=O)O. The van der Waals surface area contributed by atoms with Crippen molar-refractivity contribution in [3.8, 4) is 5.75 Å². The number of anilines is 1. The molecule has 3 atom stereocenters. The molecule has 2 aliphatic heterocycles. The summed E-state index contributed by atoms with van der Waals surface area (Å²) in [6.45, 7) is 6.06. The van der Waals surface area contributed by atoms with Crippen molar-refractivity contribution >= 4 is 17.8 Å². The van der Waals surface area contributed by atoms with Crippen LogP contribution in [0, 0.1) is 11.8 Å². The van der Waals surface area contributed by atoms with E-state index < -0.39 is 11.9 Å². The Morgan fingerprint density at radius 3 is 3.04 bits per heavy atom. The number of urea groups is 1. The second kappa shape index (κ2) is 5.91. The fourth-order valence-electron chi connectivity index (χ4n) is 3.24. The number of carboxylic acids is 1. The molecule has 2 amide bonds. The lowest BCUT2D eigenvalue weighted by atomic mass is 10.1. The van der Waals surface area contributed by atoms with Crippen LogP contribution in [0.1, 0.15) is 12.5 Å². The van der Waals surface area contributed by atoms with Gasteiger partial charge in [-0.1, -0.05) is 6.58 Å². The number of amides is 2. The lowest BCUT2D eigenvalue weighted by Gasteiger charge is -2.20. The molecule has 0 radical (unpaired) electrons. The van der Waals surface area contributed by atoms with Crippen LogP contribution in [-0.2, 0) is 16.1 Å². The van der Waals surface area contributed by atoms with Crippen LogP contribution in [0.3, 0.4) is 0 Å². The van der Waals surface area contributed by atoms with Gasteiger partial charge in [0.05, 0.1) is 12.1 Å². The molecule has 0 bridgehead atoms. The summed E-state index contributed by atoms with van der Waals surface area (Å²) in [7, 11) is 0.